The smallest absolute Gasteiger partial charge is 0.404 e. The average Bonchev–Trinajstić information content (AvgIpc) is 2.79. The van der Waals surface area contributed by atoms with Crippen molar-refractivity contribution in [3.05, 3.63) is 83.5 Å². The number of benzene rings is 3. The van der Waals surface area contributed by atoms with E-state index in [1.165, 1.54) is 18.2 Å². The number of hydrogen-bond acceptors (Lipinski definition) is 4. The van der Waals surface area contributed by atoms with Gasteiger partial charge in [-0.05, 0) is 52.9 Å². The number of aromatic nitrogens is 1. The maximum Gasteiger partial charge on any atom is 0.573 e. The van der Waals surface area contributed by atoms with Gasteiger partial charge in [-0.25, -0.2) is 8.42 Å². The van der Waals surface area contributed by atoms with Crippen LogP contribution in [-0.4, -0.2) is 19.8 Å². The summed E-state index contributed by atoms with van der Waals surface area (Å²) in [6.45, 7) is 6.02. The number of anilines is 1. The highest BCUT2D eigenvalue weighted by molar-refractivity contribution is 7.92. The Morgan fingerprint density at radius 3 is 2.25 bits per heavy atom. The van der Waals surface area contributed by atoms with Crippen LogP contribution in [0.4, 0.5) is 18.9 Å². The van der Waals surface area contributed by atoms with Crippen LogP contribution in [-0.2, 0) is 15.4 Å². The molecule has 0 radical (unpaired) electrons. The van der Waals surface area contributed by atoms with Crippen molar-refractivity contribution in [2.75, 3.05) is 4.72 Å². The third kappa shape index (κ3) is 5.42. The van der Waals surface area contributed by atoms with Crippen LogP contribution in [0.3, 0.4) is 0 Å². The summed E-state index contributed by atoms with van der Waals surface area (Å²) in [5.41, 5.74) is 1.74. The third-order valence-corrected chi connectivity index (χ3v) is 7.28. The number of rotatable bonds is 5. The molecule has 0 fully saturated rings. The first-order valence-electron chi connectivity index (χ1n) is 10.8. The van der Waals surface area contributed by atoms with Gasteiger partial charge in [0.05, 0.1) is 21.1 Å². The zero-order chi connectivity index (χ0) is 26.3. The van der Waals surface area contributed by atoms with E-state index < -0.39 is 27.2 Å². The molecule has 4 aromatic rings. The highest BCUT2D eigenvalue weighted by Crippen LogP contribution is 2.45. The van der Waals surface area contributed by atoms with Crippen LogP contribution in [0.15, 0.2) is 77.8 Å². The zero-order valence-corrected chi connectivity index (χ0v) is 21.1. The van der Waals surface area contributed by atoms with Crippen molar-refractivity contribution >= 4 is 38.2 Å². The maximum absolute atomic E-state index is 13.3. The molecule has 0 unspecified atom stereocenters. The van der Waals surface area contributed by atoms with Crippen molar-refractivity contribution < 1.29 is 26.3 Å². The minimum atomic E-state index is -4.99. The number of hydrogen-bond donors (Lipinski definition) is 1. The molecular weight excluding hydrogens is 513 g/mol. The predicted molar refractivity (Wildman–Crippen MR) is 135 cm³/mol. The molecule has 3 aromatic carbocycles. The molecular formula is C26H22ClF3N2O3S. The van der Waals surface area contributed by atoms with Gasteiger partial charge in [-0.15, -0.1) is 13.2 Å². The Balaban J connectivity index is 1.87. The van der Waals surface area contributed by atoms with Gasteiger partial charge in [0.15, 0.2) is 0 Å². The van der Waals surface area contributed by atoms with Crippen molar-refractivity contribution in [2.45, 2.75) is 37.4 Å². The molecule has 0 spiro atoms. The van der Waals surface area contributed by atoms with Gasteiger partial charge in [0.25, 0.3) is 10.0 Å². The Hall–Kier alpha value is -3.30. The van der Waals surface area contributed by atoms with Crippen molar-refractivity contribution in [2.24, 2.45) is 0 Å². The van der Waals surface area contributed by atoms with Crippen LogP contribution in [0.1, 0.15) is 26.3 Å². The lowest BCUT2D eigenvalue weighted by Crippen LogP contribution is -2.18. The number of pyridine rings is 1. The molecule has 188 valence electrons. The summed E-state index contributed by atoms with van der Waals surface area (Å²) in [5, 5.41) is 0.174. The molecule has 1 N–H and O–H groups in total. The van der Waals surface area contributed by atoms with E-state index in [1.807, 2.05) is 20.8 Å². The highest BCUT2D eigenvalue weighted by atomic mass is 35.5. The molecule has 1 aromatic heterocycles. The van der Waals surface area contributed by atoms with E-state index in [1.54, 1.807) is 48.7 Å². The lowest BCUT2D eigenvalue weighted by molar-refractivity contribution is -0.274. The first-order chi connectivity index (χ1) is 16.8. The van der Waals surface area contributed by atoms with Gasteiger partial charge in [-0.3, -0.25) is 9.71 Å². The van der Waals surface area contributed by atoms with Gasteiger partial charge in [0.1, 0.15) is 5.75 Å². The maximum atomic E-state index is 13.3. The van der Waals surface area contributed by atoms with Gasteiger partial charge in [-0.2, -0.15) is 0 Å². The quantitative estimate of drug-likeness (QED) is 0.287. The standard InChI is InChI=1S/C26H22ClF3N2O3S/c1-25(2,3)16-9-11-17(12-10-16)36(33,34)32-21-13-14-22(35-26(28,29)30)24(27)23(21)19-6-4-8-20-18(19)7-5-15-31-20/h4-15,32H,1-3H3. The van der Waals surface area contributed by atoms with E-state index in [0.29, 0.717) is 16.5 Å². The van der Waals surface area contributed by atoms with Gasteiger partial charge < -0.3 is 4.74 Å². The lowest BCUT2D eigenvalue weighted by atomic mass is 9.87. The molecule has 0 aliphatic heterocycles. The molecule has 0 aliphatic carbocycles. The molecule has 0 bridgehead atoms. The van der Waals surface area contributed by atoms with Gasteiger partial charge in [0, 0.05) is 17.1 Å². The fourth-order valence-corrected chi connectivity index (χ4v) is 5.14. The summed E-state index contributed by atoms with van der Waals surface area (Å²) in [6.07, 6.45) is -3.42. The molecule has 36 heavy (non-hydrogen) atoms. The van der Waals surface area contributed by atoms with Crippen molar-refractivity contribution in [1.82, 2.24) is 4.98 Å². The first-order valence-corrected chi connectivity index (χ1v) is 12.7. The van der Waals surface area contributed by atoms with Crippen LogP contribution in [0.5, 0.6) is 5.75 Å². The number of ether oxygens (including phenoxy) is 1. The van der Waals surface area contributed by atoms with Crippen LogP contribution in [0.2, 0.25) is 5.02 Å². The Kier molecular flexibility index (Phi) is 6.66. The van der Waals surface area contributed by atoms with Gasteiger partial charge in [-0.1, -0.05) is 62.7 Å². The number of nitrogens with zero attached hydrogens (tertiary/aromatic N) is 1. The van der Waals surface area contributed by atoms with Crippen molar-refractivity contribution in [1.29, 1.82) is 0 Å². The number of alkyl halides is 3. The molecule has 1 heterocycles. The van der Waals surface area contributed by atoms with E-state index in [2.05, 4.69) is 14.4 Å². The Morgan fingerprint density at radius 1 is 0.917 bits per heavy atom. The molecule has 0 aliphatic rings. The second-order valence-corrected chi connectivity index (χ2v) is 11.2. The van der Waals surface area contributed by atoms with Crippen LogP contribution < -0.4 is 9.46 Å². The van der Waals surface area contributed by atoms with E-state index in [-0.39, 0.29) is 21.6 Å². The minimum Gasteiger partial charge on any atom is -0.404 e. The summed E-state index contributed by atoms with van der Waals surface area (Å²) >= 11 is 6.42. The molecule has 4 rings (SSSR count). The van der Waals surface area contributed by atoms with E-state index in [9.17, 15) is 21.6 Å². The average molecular weight is 535 g/mol. The molecule has 0 amide bonds. The SMILES string of the molecule is CC(C)(C)c1ccc(S(=O)(=O)Nc2ccc(OC(F)(F)F)c(Cl)c2-c2cccc3ncccc23)cc1. The summed E-state index contributed by atoms with van der Waals surface area (Å²) in [5.74, 6) is -0.655. The fraction of sp³-hybridized carbons (Fsp3) is 0.192. The van der Waals surface area contributed by atoms with Crippen LogP contribution >= 0.6 is 11.6 Å². The molecule has 0 saturated heterocycles. The van der Waals surface area contributed by atoms with Crippen LogP contribution in [0, 0.1) is 0 Å². The Labute approximate surface area is 211 Å². The number of halogens is 4. The summed E-state index contributed by atoms with van der Waals surface area (Å²) in [4.78, 5) is 4.26. The number of sulfonamides is 1. The Morgan fingerprint density at radius 2 is 1.61 bits per heavy atom. The normalized spacial score (nSPS) is 12.5. The number of nitrogens with one attached hydrogen (secondary N) is 1. The molecule has 0 atom stereocenters. The van der Waals surface area contributed by atoms with E-state index in [0.717, 1.165) is 11.6 Å². The van der Waals surface area contributed by atoms with Crippen molar-refractivity contribution in [3.8, 4) is 16.9 Å². The van der Waals surface area contributed by atoms with Gasteiger partial charge >= 0.3 is 6.36 Å². The largest absolute Gasteiger partial charge is 0.573 e. The minimum absolute atomic E-state index is 0.00669. The second-order valence-electron chi connectivity index (χ2n) is 9.10. The predicted octanol–water partition coefficient (Wildman–Crippen LogP) is 7.55. The zero-order valence-electron chi connectivity index (χ0n) is 19.5. The third-order valence-electron chi connectivity index (χ3n) is 5.52. The van der Waals surface area contributed by atoms with Crippen molar-refractivity contribution in [3.63, 3.8) is 0 Å². The summed E-state index contributed by atoms with van der Waals surface area (Å²) in [6, 6.07) is 17.0. The molecule has 0 saturated carbocycles. The van der Waals surface area contributed by atoms with E-state index in [4.69, 9.17) is 11.6 Å². The fourth-order valence-electron chi connectivity index (χ4n) is 3.77. The molecule has 10 heteroatoms. The van der Waals surface area contributed by atoms with Gasteiger partial charge in [0.2, 0.25) is 0 Å². The first kappa shape index (κ1) is 25.8. The second kappa shape index (κ2) is 9.29. The topological polar surface area (TPSA) is 68.3 Å². The lowest BCUT2D eigenvalue weighted by Gasteiger charge is -2.20. The number of fused-ring (bicyclic) bond motifs is 1. The Bertz CT molecular complexity index is 1530. The highest BCUT2D eigenvalue weighted by Gasteiger charge is 2.33. The summed E-state index contributed by atoms with van der Waals surface area (Å²) < 4.78 is 72.1. The van der Waals surface area contributed by atoms with Crippen LogP contribution in [0.25, 0.3) is 22.0 Å². The summed E-state index contributed by atoms with van der Waals surface area (Å²) in [7, 11) is -4.11. The monoisotopic (exact) mass is 534 g/mol. The molecule has 5 nitrogen and oxygen atoms in total. The van der Waals surface area contributed by atoms with E-state index >= 15 is 0 Å².